The second kappa shape index (κ2) is 5.26. The summed E-state index contributed by atoms with van der Waals surface area (Å²) in [4.78, 5) is 11.8. The lowest BCUT2D eigenvalue weighted by molar-refractivity contribution is -0.116. The van der Waals surface area contributed by atoms with Crippen LogP contribution < -0.4 is 5.43 Å². The van der Waals surface area contributed by atoms with E-state index in [-0.39, 0.29) is 5.91 Å². The molecule has 0 atom stereocenters. The third-order valence-corrected chi connectivity index (χ3v) is 3.87. The number of carbonyl (C=O) groups excluding carboxylic acids is 1. The SMILES string of the molecule is CC1=NNC(=O)/C1=C\c1c(C)nn(-c2ccc(C)cc2)c1C. The Morgan fingerprint density at radius 3 is 2.36 bits per heavy atom. The van der Waals surface area contributed by atoms with Crippen LogP contribution in [0.1, 0.15) is 29.4 Å². The van der Waals surface area contributed by atoms with E-state index in [0.29, 0.717) is 11.3 Å². The molecule has 112 valence electrons. The molecule has 5 heteroatoms. The van der Waals surface area contributed by atoms with Gasteiger partial charge >= 0.3 is 0 Å². The number of aromatic nitrogens is 2. The first-order valence-electron chi connectivity index (χ1n) is 7.17. The van der Waals surface area contributed by atoms with E-state index in [2.05, 4.69) is 34.7 Å². The fourth-order valence-electron chi connectivity index (χ4n) is 2.53. The van der Waals surface area contributed by atoms with Gasteiger partial charge in [-0.3, -0.25) is 4.79 Å². The second-order valence-electron chi connectivity index (χ2n) is 5.53. The van der Waals surface area contributed by atoms with E-state index in [1.165, 1.54) is 5.56 Å². The third kappa shape index (κ3) is 2.35. The van der Waals surface area contributed by atoms with Crippen LogP contribution in [-0.2, 0) is 4.79 Å². The number of rotatable bonds is 2. The van der Waals surface area contributed by atoms with Crippen molar-refractivity contribution in [1.29, 1.82) is 0 Å². The van der Waals surface area contributed by atoms with Gasteiger partial charge in [0.05, 0.1) is 22.7 Å². The van der Waals surface area contributed by atoms with Crippen molar-refractivity contribution in [2.75, 3.05) is 0 Å². The van der Waals surface area contributed by atoms with Crippen LogP contribution in [0.5, 0.6) is 0 Å². The van der Waals surface area contributed by atoms with Crippen molar-refractivity contribution in [2.45, 2.75) is 27.7 Å². The number of amides is 1. The Hall–Kier alpha value is -2.69. The number of hydrazone groups is 1. The molecule has 22 heavy (non-hydrogen) atoms. The van der Waals surface area contributed by atoms with E-state index in [0.717, 1.165) is 22.6 Å². The highest BCUT2D eigenvalue weighted by Gasteiger charge is 2.21. The normalized spacial score (nSPS) is 16.1. The summed E-state index contributed by atoms with van der Waals surface area (Å²) in [6.45, 7) is 7.83. The predicted molar refractivity (Wildman–Crippen MR) is 87.0 cm³/mol. The monoisotopic (exact) mass is 294 g/mol. The minimum absolute atomic E-state index is 0.167. The molecular weight excluding hydrogens is 276 g/mol. The molecule has 2 heterocycles. The average Bonchev–Trinajstić information content (AvgIpc) is 2.95. The van der Waals surface area contributed by atoms with Gasteiger partial charge in [-0.25, -0.2) is 10.1 Å². The minimum Gasteiger partial charge on any atom is -0.267 e. The van der Waals surface area contributed by atoms with Crippen molar-refractivity contribution < 1.29 is 4.79 Å². The number of carbonyl (C=O) groups is 1. The van der Waals surface area contributed by atoms with Crippen molar-refractivity contribution >= 4 is 17.7 Å². The van der Waals surface area contributed by atoms with Crippen molar-refractivity contribution in [3.05, 3.63) is 52.4 Å². The van der Waals surface area contributed by atoms with Crippen LogP contribution in [0.2, 0.25) is 0 Å². The largest absolute Gasteiger partial charge is 0.273 e. The van der Waals surface area contributed by atoms with Crippen LogP contribution in [0.25, 0.3) is 11.8 Å². The Bertz CT molecular complexity index is 810. The number of nitrogens with one attached hydrogen (secondary N) is 1. The van der Waals surface area contributed by atoms with E-state index in [1.54, 1.807) is 0 Å². The van der Waals surface area contributed by atoms with Crippen LogP contribution in [0, 0.1) is 20.8 Å². The van der Waals surface area contributed by atoms with Crippen LogP contribution in [0.4, 0.5) is 0 Å². The molecule has 0 fully saturated rings. The first-order chi connectivity index (χ1) is 10.5. The molecule has 0 saturated heterocycles. The van der Waals surface area contributed by atoms with E-state index in [4.69, 9.17) is 0 Å². The molecule has 0 radical (unpaired) electrons. The quantitative estimate of drug-likeness (QED) is 0.866. The lowest BCUT2D eigenvalue weighted by atomic mass is 10.1. The summed E-state index contributed by atoms with van der Waals surface area (Å²) in [5, 5.41) is 8.55. The second-order valence-corrected chi connectivity index (χ2v) is 5.53. The van der Waals surface area contributed by atoms with Crippen LogP contribution >= 0.6 is 0 Å². The van der Waals surface area contributed by atoms with Crippen LogP contribution in [0.3, 0.4) is 0 Å². The molecule has 1 N–H and O–H groups in total. The smallest absolute Gasteiger partial charge is 0.267 e. The van der Waals surface area contributed by atoms with Gasteiger partial charge in [0.1, 0.15) is 0 Å². The zero-order valence-electron chi connectivity index (χ0n) is 13.1. The summed E-state index contributed by atoms with van der Waals surface area (Å²) in [6, 6.07) is 8.21. The molecule has 2 aromatic rings. The maximum absolute atomic E-state index is 11.8. The van der Waals surface area contributed by atoms with E-state index >= 15 is 0 Å². The number of nitrogens with zero attached hydrogens (tertiary/aromatic N) is 3. The Labute approximate surface area is 129 Å². The fraction of sp³-hybridized carbons (Fsp3) is 0.235. The number of hydrogen-bond donors (Lipinski definition) is 1. The minimum atomic E-state index is -0.167. The first-order valence-corrected chi connectivity index (χ1v) is 7.17. The van der Waals surface area contributed by atoms with Gasteiger partial charge < -0.3 is 0 Å². The highest BCUT2D eigenvalue weighted by molar-refractivity contribution is 6.26. The lowest BCUT2D eigenvalue weighted by Crippen LogP contribution is -2.12. The topological polar surface area (TPSA) is 59.3 Å². The molecule has 0 spiro atoms. The molecular formula is C17H18N4O. The Morgan fingerprint density at radius 2 is 1.77 bits per heavy atom. The highest BCUT2D eigenvalue weighted by atomic mass is 16.2. The van der Waals surface area contributed by atoms with Gasteiger partial charge in [-0.2, -0.15) is 10.2 Å². The number of aryl methyl sites for hydroxylation is 2. The zero-order valence-corrected chi connectivity index (χ0v) is 13.1. The maximum atomic E-state index is 11.8. The molecule has 0 aliphatic carbocycles. The number of hydrogen-bond acceptors (Lipinski definition) is 3. The predicted octanol–water partition coefficient (Wildman–Crippen LogP) is 2.69. The molecule has 0 unspecified atom stereocenters. The summed E-state index contributed by atoms with van der Waals surface area (Å²) in [6.07, 6.45) is 1.86. The first kappa shape index (κ1) is 14.3. The van der Waals surface area contributed by atoms with Gasteiger partial charge in [0.2, 0.25) is 0 Å². The van der Waals surface area contributed by atoms with Crippen LogP contribution in [-0.4, -0.2) is 21.4 Å². The van der Waals surface area contributed by atoms with Gasteiger partial charge in [-0.05, 0) is 45.9 Å². The fourth-order valence-corrected chi connectivity index (χ4v) is 2.53. The summed E-state index contributed by atoms with van der Waals surface area (Å²) in [5.41, 5.74) is 8.84. The average molecular weight is 294 g/mol. The van der Waals surface area contributed by atoms with Crippen molar-refractivity contribution in [3.8, 4) is 5.69 Å². The van der Waals surface area contributed by atoms with Crippen molar-refractivity contribution in [2.24, 2.45) is 5.10 Å². The van der Waals surface area contributed by atoms with Gasteiger partial charge in [0, 0.05) is 11.3 Å². The zero-order chi connectivity index (χ0) is 15.9. The molecule has 0 saturated carbocycles. The van der Waals surface area contributed by atoms with Gasteiger partial charge in [0.15, 0.2) is 0 Å². The molecule has 3 rings (SSSR count). The van der Waals surface area contributed by atoms with Crippen LogP contribution in [0.15, 0.2) is 34.9 Å². The maximum Gasteiger partial charge on any atom is 0.273 e. The Kier molecular flexibility index (Phi) is 3.41. The molecule has 1 aromatic heterocycles. The molecule has 1 aliphatic rings. The van der Waals surface area contributed by atoms with E-state index in [9.17, 15) is 4.79 Å². The molecule has 1 aliphatic heterocycles. The highest BCUT2D eigenvalue weighted by Crippen LogP contribution is 2.22. The third-order valence-electron chi connectivity index (χ3n) is 3.87. The van der Waals surface area contributed by atoms with E-state index < -0.39 is 0 Å². The summed E-state index contributed by atoms with van der Waals surface area (Å²) in [5.74, 6) is -0.167. The van der Waals surface area contributed by atoms with Crippen molar-refractivity contribution in [3.63, 3.8) is 0 Å². The van der Waals surface area contributed by atoms with E-state index in [1.807, 2.05) is 43.7 Å². The lowest BCUT2D eigenvalue weighted by Gasteiger charge is -2.05. The van der Waals surface area contributed by atoms with Gasteiger partial charge in [-0.15, -0.1) is 0 Å². The number of benzene rings is 1. The van der Waals surface area contributed by atoms with Gasteiger partial charge in [0.25, 0.3) is 5.91 Å². The molecule has 1 aromatic carbocycles. The molecule has 0 bridgehead atoms. The van der Waals surface area contributed by atoms with Crippen molar-refractivity contribution in [1.82, 2.24) is 15.2 Å². The molecule has 1 amide bonds. The summed E-state index contributed by atoms with van der Waals surface area (Å²) < 4.78 is 1.90. The van der Waals surface area contributed by atoms with Gasteiger partial charge in [-0.1, -0.05) is 17.7 Å². The summed E-state index contributed by atoms with van der Waals surface area (Å²) >= 11 is 0. The Balaban J connectivity index is 2.08. The standard InChI is InChI=1S/C17H18N4O/c1-10-5-7-14(8-6-10)21-13(4)15(12(3)20-21)9-16-11(2)18-19-17(16)22/h5-9H,1-4H3,(H,19,22)/b16-9-. The molecule has 5 nitrogen and oxygen atoms in total. The summed E-state index contributed by atoms with van der Waals surface area (Å²) in [7, 11) is 0. The Morgan fingerprint density at radius 1 is 1.09 bits per heavy atom.